The summed E-state index contributed by atoms with van der Waals surface area (Å²) in [6, 6.07) is 8.67. The molecule has 1 nitrogen and oxygen atoms in total. The topological polar surface area (TPSA) is 3.24 Å². The Hall–Kier alpha value is -0.340. The number of piperidine rings is 1. The van der Waals surface area contributed by atoms with Crippen LogP contribution in [0.3, 0.4) is 0 Å². The van der Waals surface area contributed by atoms with Gasteiger partial charge in [-0.15, -0.1) is 0 Å². The van der Waals surface area contributed by atoms with Crippen LogP contribution in [0.4, 0.5) is 0 Å². The first-order chi connectivity index (χ1) is 7.31. The van der Waals surface area contributed by atoms with E-state index in [1.807, 2.05) is 0 Å². The van der Waals surface area contributed by atoms with Crippen LogP contribution in [0.15, 0.2) is 28.7 Å². The van der Waals surface area contributed by atoms with Crippen molar-refractivity contribution in [2.45, 2.75) is 12.8 Å². The molecule has 2 unspecified atom stereocenters. The molecule has 15 heavy (non-hydrogen) atoms. The first-order valence-corrected chi connectivity index (χ1v) is 6.57. The zero-order valence-electron chi connectivity index (χ0n) is 8.82. The molecule has 3 rings (SSSR count). The van der Waals surface area contributed by atoms with Gasteiger partial charge in [-0.25, -0.2) is 0 Å². The van der Waals surface area contributed by atoms with Gasteiger partial charge in [0.25, 0.3) is 0 Å². The van der Waals surface area contributed by atoms with E-state index in [2.05, 4.69) is 45.1 Å². The van der Waals surface area contributed by atoms with Crippen LogP contribution < -0.4 is 0 Å². The Balaban J connectivity index is 1.53. The first kappa shape index (κ1) is 9.86. The lowest BCUT2D eigenvalue weighted by Gasteiger charge is -2.16. The van der Waals surface area contributed by atoms with Gasteiger partial charge in [-0.2, -0.15) is 0 Å². The molecule has 0 bridgehead atoms. The minimum absolute atomic E-state index is 1.06. The van der Waals surface area contributed by atoms with Crippen molar-refractivity contribution in [2.75, 3.05) is 19.6 Å². The number of likely N-dealkylation sites (tertiary alicyclic amines) is 1. The Morgan fingerprint density at radius 2 is 2.07 bits per heavy atom. The number of nitrogens with zero attached hydrogens (tertiary/aromatic N) is 1. The number of benzene rings is 1. The summed E-state index contributed by atoms with van der Waals surface area (Å²) in [7, 11) is 0. The monoisotopic (exact) mass is 265 g/mol. The highest BCUT2D eigenvalue weighted by atomic mass is 79.9. The van der Waals surface area contributed by atoms with Crippen molar-refractivity contribution in [3.63, 3.8) is 0 Å². The summed E-state index contributed by atoms with van der Waals surface area (Å²) >= 11 is 3.52. The molecular formula is C13H16BrN. The Bertz CT molecular complexity index is 353. The molecule has 2 heteroatoms. The molecule has 0 aromatic heterocycles. The van der Waals surface area contributed by atoms with E-state index < -0.39 is 0 Å². The lowest BCUT2D eigenvalue weighted by Crippen LogP contribution is -2.25. The maximum atomic E-state index is 3.52. The highest BCUT2D eigenvalue weighted by Crippen LogP contribution is 2.44. The van der Waals surface area contributed by atoms with Crippen LogP contribution in [0.25, 0.3) is 0 Å². The molecule has 0 amide bonds. The van der Waals surface area contributed by atoms with Crippen LogP contribution >= 0.6 is 15.9 Å². The predicted molar refractivity (Wildman–Crippen MR) is 65.9 cm³/mol. The predicted octanol–water partition coefficient (Wildman–Crippen LogP) is 2.94. The van der Waals surface area contributed by atoms with Gasteiger partial charge in [0, 0.05) is 24.1 Å². The molecule has 1 aromatic rings. The van der Waals surface area contributed by atoms with Crippen LogP contribution in [0.2, 0.25) is 0 Å². The van der Waals surface area contributed by atoms with Crippen LogP contribution in [-0.2, 0) is 6.42 Å². The number of hydrogen-bond acceptors (Lipinski definition) is 1. The molecule has 2 aliphatic rings. The van der Waals surface area contributed by atoms with E-state index in [4.69, 9.17) is 0 Å². The third-order valence-corrected chi connectivity index (χ3v) is 4.15. The van der Waals surface area contributed by atoms with Crippen molar-refractivity contribution < 1.29 is 0 Å². The summed E-state index contributed by atoms with van der Waals surface area (Å²) in [6.45, 7) is 3.96. The smallest absolute Gasteiger partial charge is 0.0178 e. The minimum Gasteiger partial charge on any atom is -0.302 e. The van der Waals surface area contributed by atoms with Crippen molar-refractivity contribution in [1.29, 1.82) is 0 Å². The molecule has 1 heterocycles. The second-order valence-corrected chi connectivity index (χ2v) is 5.81. The van der Waals surface area contributed by atoms with E-state index in [0.29, 0.717) is 0 Å². The summed E-state index contributed by atoms with van der Waals surface area (Å²) in [5, 5.41) is 0. The van der Waals surface area contributed by atoms with Crippen molar-refractivity contribution in [3.05, 3.63) is 34.3 Å². The van der Waals surface area contributed by atoms with Crippen LogP contribution in [-0.4, -0.2) is 24.5 Å². The fourth-order valence-electron chi connectivity index (χ4n) is 2.66. The fraction of sp³-hybridized carbons (Fsp3) is 0.538. The van der Waals surface area contributed by atoms with Crippen molar-refractivity contribution in [3.8, 4) is 0 Å². The third kappa shape index (κ3) is 2.26. The number of rotatable bonds is 3. The van der Waals surface area contributed by atoms with Gasteiger partial charge in [0.05, 0.1) is 0 Å². The van der Waals surface area contributed by atoms with E-state index in [0.717, 1.165) is 11.8 Å². The summed E-state index contributed by atoms with van der Waals surface area (Å²) in [5.74, 6) is 2.13. The van der Waals surface area contributed by atoms with Gasteiger partial charge in [0.2, 0.25) is 0 Å². The zero-order chi connectivity index (χ0) is 10.3. The zero-order valence-corrected chi connectivity index (χ0v) is 10.4. The SMILES string of the molecule is Brc1cccc(CCN2CC3CC3C2)c1. The highest BCUT2D eigenvalue weighted by molar-refractivity contribution is 9.10. The minimum atomic E-state index is 1.06. The quantitative estimate of drug-likeness (QED) is 0.813. The van der Waals surface area contributed by atoms with Crippen molar-refractivity contribution in [2.24, 2.45) is 11.8 Å². The normalized spacial score (nSPS) is 29.1. The standard InChI is InChI=1S/C13H16BrN/c14-13-3-1-2-10(6-13)4-5-15-8-11-7-12(11)9-15/h1-3,6,11-12H,4-5,7-9H2. The van der Waals surface area contributed by atoms with Crippen LogP contribution in [0.1, 0.15) is 12.0 Å². The van der Waals surface area contributed by atoms with Gasteiger partial charge in [-0.3, -0.25) is 0 Å². The summed E-state index contributed by atoms with van der Waals surface area (Å²) < 4.78 is 1.20. The van der Waals surface area contributed by atoms with Gasteiger partial charge >= 0.3 is 0 Å². The van der Waals surface area contributed by atoms with Gasteiger partial charge in [-0.05, 0) is 42.4 Å². The van der Waals surface area contributed by atoms with E-state index >= 15 is 0 Å². The average molecular weight is 266 g/mol. The van der Waals surface area contributed by atoms with E-state index in [9.17, 15) is 0 Å². The number of fused-ring (bicyclic) bond motifs is 1. The fourth-order valence-corrected chi connectivity index (χ4v) is 3.10. The van der Waals surface area contributed by atoms with Gasteiger partial charge in [0.15, 0.2) is 0 Å². The lowest BCUT2D eigenvalue weighted by atomic mass is 10.1. The van der Waals surface area contributed by atoms with Gasteiger partial charge < -0.3 is 4.90 Å². The molecule has 80 valence electrons. The molecule has 1 aliphatic heterocycles. The van der Waals surface area contributed by atoms with Crippen LogP contribution in [0.5, 0.6) is 0 Å². The molecule has 1 aromatic carbocycles. The Morgan fingerprint density at radius 3 is 2.80 bits per heavy atom. The van der Waals surface area contributed by atoms with E-state index in [1.165, 1.54) is 42.5 Å². The largest absolute Gasteiger partial charge is 0.302 e. The lowest BCUT2D eigenvalue weighted by molar-refractivity contribution is 0.309. The van der Waals surface area contributed by atoms with Crippen molar-refractivity contribution in [1.82, 2.24) is 4.90 Å². The van der Waals surface area contributed by atoms with Gasteiger partial charge in [-0.1, -0.05) is 28.1 Å². The molecule has 1 saturated heterocycles. The summed E-state index contributed by atoms with van der Waals surface area (Å²) in [6.07, 6.45) is 2.70. The molecule has 0 spiro atoms. The Kier molecular flexibility index (Phi) is 2.57. The molecule has 0 N–H and O–H groups in total. The number of halogens is 1. The van der Waals surface area contributed by atoms with Crippen molar-refractivity contribution >= 4 is 15.9 Å². The molecule has 0 radical (unpaired) electrons. The molecule has 1 aliphatic carbocycles. The van der Waals surface area contributed by atoms with E-state index in [-0.39, 0.29) is 0 Å². The van der Waals surface area contributed by atoms with E-state index in [1.54, 1.807) is 0 Å². The second kappa shape index (κ2) is 3.91. The average Bonchev–Trinajstić information content (AvgIpc) is 2.84. The molecule has 1 saturated carbocycles. The maximum absolute atomic E-state index is 3.52. The van der Waals surface area contributed by atoms with Gasteiger partial charge in [0.1, 0.15) is 0 Å². The molecular weight excluding hydrogens is 250 g/mol. The summed E-state index contributed by atoms with van der Waals surface area (Å²) in [4.78, 5) is 2.62. The highest BCUT2D eigenvalue weighted by Gasteiger charge is 2.44. The first-order valence-electron chi connectivity index (χ1n) is 5.78. The summed E-state index contributed by atoms with van der Waals surface area (Å²) in [5.41, 5.74) is 1.45. The molecule has 2 fully saturated rings. The maximum Gasteiger partial charge on any atom is 0.0178 e. The van der Waals surface area contributed by atoms with Crippen LogP contribution in [0, 0.1) is 11.8 Å². The Labute approximate surface area is 99.6 Å². The number of hydrogen-bond donors (Lipinski definition) is 0. The molecule has 2 atom stereocenters. The third-order valence-electron chi connectivity index (χ3n) is 3.66. The second-order valence-electron chi connectivity index (χ2n) is 4.90. The Morgan fingerprint density at radius 1 is 1.27 bits per heavy atom.